The largest absolute Gasteiger partial charge is 0.480 e. The summed E-state index contributed by atoms with van der Waals surface area (Å²) in [5.41, 5.74) is 44.1. The third-order valence-electron chi connectivity index (χ3n) is 9.95. The Bertz CT molecular complexity index is 1600. The van der Waals surface area contributed by atoms with Gasteiger partial charge in [0.2, 0.25) is 35.4 Å². The van der Waals surface area contributed by atoms with E-state index >= 15 is 0 Å². The fourth-order valence-electron chi connectivity index (χ4n) is 6.41. The number of nitrogens with two attached hydrogens (primary N) is 8. The van der Waals surface area contributed by atoms with E-state index in [9.17, 15) is 43.8 Å². The van der Waals surface area contributed by atoms with E-state index in [0.29, 0.717) is 19.3 Å². The molecule has 23 N–H and O–H groups in total. The fourth-order valence-corrected chi connectivity index (χ4v) is 6.41. The SMILES string of the molecule is CC(C)[C@H](N)C(=O)N[C@@H](CO)C(=O)N[C@@H](CCCN=C(N)N)C(=O)N[C@@H](CCCCN)C(=O)N[C@@H](CCCN=C(N)N)C(=O)N1CCC[C@H]1C(=O)N[C@@H](CCCN=C(N)N)C(=O)O. The van der Waals surface area contributed by atoms with Crippen molar-refractivity contribution in [3.05, 3.63) is 0 Å². The van der Waals surface area contributed by atoms with Crippen molar-refractivity contribution in [2.75, 3.05) is 39.3 Å². The summed E-state index contributed by atoms with van der Waals surface area (Å²) in [5.74, 6) is -6.70. The third-order valence-corrected chi connectivity index (χ3v) is 9.95. The Morgan fingerprint density at radius 3 is 1.49 bits per heavy atom. The molecule has 7 atom stereocenters. The lowest BCUT2D eigenvalue weighted by molar-refractivity contribution is -0.145. The van der Waals surface area contributed by atoms with Crippen molar-refractivity contribution in [2.45, 2.75) is 127 Å². The monoisotopic (exact) mass is 898 g/mol. The molecule has 1 aliphatic heterocycles. The summed E-state index contributed by atoms with van der Waals surface area (Å²) in [5, 5.41) is 32.5. The van der Waals surface area contributed by atoms with Crippen LogP contribution in [0.15, 0.2) is 15.0 Å². The maximum absolute atomic E-state index is 14.2. The Morgan fingerprint density at radius 1 is 0.619 bits per heavy atom. The second-order valence-electron chi connectivity index (χ2n) is 15.4. The van der Waals surface area contributed by atoms with Crippen molar-refractivity contribution >= 4 is 59.3 Å². The maximum Gasteiger partial charge on any atom is 0.326 e. The number of aliphatic carboxylic acids is 1. The van der Waals surface area contributed by atoms with Gasteiger partial charge in [0.1, 0.15) is 36.3 Å². The van der Waals surface area contributed by atoms with Crippen LogP contribution in [0, 0.1) is 5.92 Å². The Kier molecular flexibility index (Phi) is 25.6. The number of carboxylic acids is 1. The van der Waals surface area contributed by atoms with Gasteiger partial charge in [0.25, 0.3) is 0 Å². The second kappa shape index (κ2) is 29.3. The van der Waals surface area contributed by atoms with E-state index in [1.807, 2.05) is 0 Å². The highest BCUT2D eigenvalue weighted by molar-refractivity contribution is 5.97. The number of carboxylic acid groups (broad SMARTS) is 1. The first-order valence-corrected chi connectivity index (χ1v) is 21.0. The number of nitrogens with zero attached hydrogens (tertiary/aromatic N) is 4. The van der Waals surface area contributed by atoms with Crippen LogP contribution >= 0.6 is 0 Å². The first kappa shape index (κ1) is 55.0. The highest BCUT2D eigenvalue weighted by Crippen LogP contribution is 2.21. The summed E-state index contributed by atoms with van der Waals surface area (Å²) in [6.07, 6.45) is 2.07. The van der Waals surface area contributed by atoms with E-state index in [0.717, 1.165) is 0 Å². The van der Waals surface area contributed by atoms with E-state index in [-0.39, 0.29) is 108 Å². The Balaban J connectivity index is 3.42. The average Bonchev–Trinajstić information content (AvgIpc) is 3.72. The Morgan fingerprint density at radius 2 is 1.05 bits per heavy atom. The zero-order valence-electron chi connectivity index (χ0n) is 36.3. The molecule has 26 nitrogen and oxygen atoms in total. The number of aliphatic hydroxyl groups excluding tert-OH is 1. The van der Waals surface area contributed by atoms with Crippen LogP contribution in [0.1, 0.15) is 84.5 Å². The van der Waals surface area contributed by atoms with Gasteiger partial charge >= 0.3 is 5.97 Å². The topological polar surface area (TPSA) is 469 Å². The van der Waals surface area contributed by atoms with Gasteiger partial charge in [0.15, 0.2) is 17.9 Å². The standard InChI is InChI=1S/C37H71N17O9/c1-20(2)27(39)32(60)53-25(19-55)30(58)50-22(10-5-15-46-35(40)41)28(56)49-21(9-3-4-14-38)29(57)51-23(11-6-16-47-36(42)43)33(61)54-18-8-13-26(54)31(59)52-24(34(62)63)12-7-17-48-37(44)45/h20-27,55H,3-19,38-39H2,1-2H3,(H,49,56)(H,50,58)(H,51,57)(H,52,59)(H,53,60)(H,62,63)(H4,40,41,46)(H4,42,43,47)(H4,44,45,48)/t21-,22-,23-,24-,25-,26-,27-/m0/s1. The van der Waals surface area contributed by atoms with Gasteiger partial charge in [0, 0.05) is 26.2 Å². The molecule has 0 unspecified atom stereocenters. The van der Waals surface area contributed by atoms with Crippen LogP contribution in [0.5, 0.6) is 0 Å². The molecule has 358 valence electrons. The van der Waals surface area contributed by atoms with Crippen molar-refractivity contribution in [3.63, 3.8) is 0 Å². The van der Waals surface area contributed by atoms with Gasteiger partial charge in [-0.15, -0.1) is 0 Å². The van der Waals surface area contributed by atoms with Crippen LogP contribution in [0.4, 0.5) is 0 Å². The van der Waals surface area contributed by atoms with Crippen molar-refractivity contribution in [1.82, 2.24) is 31.5 Å². The predicted molar refractivity (Wildman–Crippen MR) is 235 cm³/mol. The van der Waals surface area contributed by atoms with Gasteiger partial charge in [-0.2, -0.15) is 0 Å². The van der Waals surface area contributed by atoms with Crippen LogP contribution in [0.25, 0.3) is 0 Å². The number of likely N-dealkylation sites (tertiary alicyclic amines) is 1. The molecule has 0 spiro atoms. The molecule has 6 amide bonds. The molecule has 0 aromatic carbocycles. The molecule has 1 aliphatic rings. The minimum Gasteiger partial charge on any atom is -0.480 e. The summed E-state index contributed by atoms with van der Waals surface area (Å²) in [6.45, 7) is 3.25. The molecular formula is C37H71N17O9. The van der Waals surface area contributed by atoms with Gasteiger partial charge in [-0.3, -0.25) is 43.7 Å². The zero-order chi connectivity index (χ0) is 47.6. The summed E-state index contributed by atoms with van der Waals surface area (Å²) in [7, 11) is 0. The lowest BCUT2D eigenvalue weighted by Gasteiger charge is -2.31. The molecule has 0 saturated carbocycles. The van der Waals surface area contributed by atoms with Crippen LogP contribution in [-0.2, 0) is 33.6 Å². The molecule has 0 aromatic rings. The first-order chi connectivity index (χ1) is 29.7. The van der Waals surface area contributed by atoms with Gasteiger partial charge in [0.05, 0.1) is 12.6 Å². The molecule has 26 heteroatoms. The summed E-state index contributed by atoms with van der Waals surface area (Å²) >= 11 is 0. The molecule has 63 heavy (non-hydrogen) atoms. The lowest BCUT2D eigenvalue weighted by atomic mass is 10.0. The van der Waals surface area contributed by atoms with E-state index in [4.69, 9.17) is 45.9 Å². The van der Waals surface area contributed by atoms with Crippen LogP contribution < -0.4 is 72.5 Å². The van der Waals surface area contributed by atoms with Crippen LogP contribution in [0.3, 0.4) is 0 Å². The van der Waals surface area contributed by atoms with Crippen molar-refractivity contribution in [2.24, 2.45) is 66.8 Å². The minimum absolute atomic E-state index is 0.00356. The van der Waals surface area contributed by atoms with Crippen LogP contribution in [0.2, 0.25) is 0 Å². The number of carbonyl (C=O) groups excluding carboxylic acids is 6. The molecule has 1 saturated heterocycles. The maximum atomic E-state index is 14.2. The molecule has 1 rings (SSSR count). The number of guanidine groups is 3. The number of hydrogen-bond donors (Lipinski definition) is 15. The van der Waals surface area contributed by atoms with Crippen LogP contribution in [-0.4, -0.2) is 156 Å². The molecule has 0 aromatic heterocycles. The molecule has 1 heterocycles. The normalized spacial score (nSPS) is 16.2. The molecule has 0 radical (unpaired) electrons. The Labute approximate surface area is 367 Å². The van der Waals surface area contributed by atoms with E-state index in [2.05, 4.69) is 41.6 Å². The average molecular weight is 898 g/mol. The number of amides is 6. The fraction of sp³-hybridized carbons (Fsp3) is 0.730. The number of hydrogen-bond acceptors (Lipinski definition) is 13. The van der Waals surface area contributed by atoms with Crippen molar-refractivity contribution < 1.29 is 43.8 Å². The minimum atomic E-state index is -1.48. The number of aliphatic imine (C=N–C) groups is 3. The quantitative estimate of drug-likeness (QED) is 0.0181. The first-order valence-electron chi connectivity index (χ1n) is 21.0. The number of carbonyl (C=O) groups is 7. The number of rotatable bonds is 30. The summed E-state index contributed by atoms with van der Waals surface area (Å²) in [4.78, 5) is 107. The van der Waals surface area contributed by atoms with Gasteiger partial charge in [-0.05, 0) is 83.1 Å². The predicted octanol–water partition coefficient (Wildman–Crippen LogP) is -6.25. The highest BCUT2D eigenvalue weighted by Gasteiger charge is 2.39. The molecular weight excluding hydrogens is 827 g/mol. The smallest absolute Gasteiger partial charge is 0.326 e. The molecule has 0 bridgehead atoms. The number of unbranched alkanes of at least 4 members (excludes halogenated alkanes) is 1. The number of nitrogens with one attached hydrogen (secondary N) is 5. The van der Waals surface area contributed by atoms with Gasteiger partial charge in [-0.1, -0.05) is 13.8 Å². The van der Waals surface area contributed by atoms with E-state index in [1.165, 1.54) is 4.90 Å². The summed E-state index contributed by atoms with van der Waals surface area (Å²) in [6, 6.07) is -8.70. The van der Waals surface area contributed by atoms with Gasteiger partial charge in [-0.25, -0.2) is 4.79 Å². The number of aliphatic hydroxyl groups is 1. The molecule has 0 aliphatic carbocycles. The third kappa shape index (κ3) is 21.1. The lowest BCUT2D eigenvalue weighted by Crippen LogP contribution is -2.60. The summed E-state index contributed by atoms with van der Waals surface area (Å²) < 4.78 is 0. The van der Waals surface area contributed by atoms with Gasteiger partial charge < -0.3 is 87.6 Å². The van der Waals surface area contributed by atoms with E-state index in [1.54, 1.807) is 13.8 Å². The van der Waals surface area contributed by atoms with E-state index < -0.39 is 90.3 Å². The molecule has 1 fully saturated rings. The van der Waals surface area contributed by atoms with Crippen molar-refractivity contribution in [3.8, 4) is 0 Å². The zero-order valence-corrected chi connectivity index (χ0v) is 36.3. The highest BCUT2D eigenvalue weighted by atomic mass is 16.4. The second-order valence-corrected chi connectivity index (χ2v) is 15.4. The van der Waals surface area contributed by atoms with Crippen molar-refractivity contribution in [1.29, 1.82) is 0 Å². The Hall–Kier alpha value is -6.02.